The third-order valence-corrected chi connectivity index (χ3v) is 2.88. The van der Waals surface area contributed by atoms with E-state index in [9.17, 15) is 9.59 Å². The summed E-state index contributed by atoms with van der Waals surface area (Å²) >= 11 is 0. The summed E-state index contributed by atoms with van der Waals surface area (Å²) in [4.78, 5) is 23.4. The van der Waals surface area contributed by atoms with Crippen LogP contribution in [0.2, 0.25) is 0 Å². The van der Waals surface area contributed by atoms with Crippen molar-refractivity contribution in [1.29, 1.82) is 0 Å². The molecule has 86 valence electrons. The van der Waals surface area contributed by atoms with Crippen LogP contribution in [-0.4, -0.2) is 18.4 Å². The van der Waals surface area contributed by atoms with E-state index in [2.05, 4.69) is 0 Å². The molecule has 15 heavy (non-hydrogen) atoms. The smallest absolute Gasteiger partial charge is 0.316 e. The molecule has 0 heterocycles. The fourth-order valence-corrected chi connectivity index (χ4v) is 1.81. The summed E-state index contributed by atoms with van der Waals surface area (Å²) in [6.45, 7) is 8.15. The average molecular weight is 212 g/mol. The van der Waals surface area contributed by atoms with Gasteiger partial charge in [0, 0.05) is 5.41 Å². The highest BCUT2D eigenvalue weighted by Crippen LogP contribution is 2.38. The highest BCUT2D eigenvalue weighted by molar-refractivity contribution is 6.03. The van der Waals surface area contributed by atoms with Gasteiger partial charge in [-0.2, -0.15) is 0 Å². The number of carbonyl (C=O) groups excluding carboxylic acids is 2. The molecule has 0 aliphatic heterocycles. The molecule has 1 unspecified atom stereocenters. The van der Waals surface area contributed by atoms with Crippen molar-refractivity contribution in [2.75, 3.05) is 6.61 Å². The molecule has 1 rings (SSSR count). The number of hydrogen-bond acceptors (Lipinski definition) is 3. The number of hydrogen-bond donors (Lipinski definition) is 0. The summed E-state index contributed by atoms with van der Waals surface area (Å²) in [7, 11) is 0. The summed E-state index contributed by atoms with van der Waals surface area (Å²) in [5, 5.41) is 0. The average Bonchev–Trinajstić information content (AvgIpc) is 2.39. The Morgan fingerprint density at radius 1 is 1.53 bits per heavy atom. The summed E-state index contributed by atoms with van der Waals surface area (Å²) < 4.78 is 5.09. The van der Waals surface area contributed by atoms with Crippen molar-refractivity contribution in [3.05, 3.63) is 0 Å². The lowest BCUT2D eigenvalue weighted by Crippen LogP contribution is -2.28. The SMILES string of the molecule is CC(C)COC(=O)C1CCC(C)(C)C1=O. The summed E-state index contributed by atoms with van der Waals surface area (Å²) in [6, 6.07) is 0. The second-order valence-electron chi connectivity index (χ2n) is 5.36. The largest absolute Gasteiger partial charge is 0.465 e. The Hall–Kier alpha value is -0.860. The van der Waals surface area contributed by atoms with Crippen molar-refractivity contribution < 1.29 is 14.3 Å². The fraction of sp³-hybridized carbons (Fsp3) is 0.833. The lowest BCUT2D eigenvalue weighted by Gasteiger charge is -2.15. The van der Waals surface area contributed by atoms with Gasteiger partial charge in [0.25, 0.3) is 0 Å². The van der Waals surface area contributed by atoms with Gasteiger partial charge in [0.2, 0.25) is 0 Å². The van der Waals surface area contributed by atoms with E-state index in [0.717, 1.165) is 6.42 Å². The monoisotopic (exact) mass is 212 g/mol. The molecule has 0 aromatic rings. The van der Waals surface area contributed by atoms with Crippen molar-refractivity contribution >= 4 is 11.8 Å². The molecule has 1 aliphatic carbocycles. The first-order chi connectivity index (χ1) is 6.84. The van der Waals surface area contributed by atoms with Crippen LogP contribution in [0.5, 0.6) is 0 Å². The first-order valence-electron chi connectivity index (χ1n) is 5.55. The topological polar surface area (TPSA) is 43.4 Å². The lowest BCUT2D eigenvalue weighted by atomic mass is 9.89. The van der Waals surface area contributed by atoms with Crippen molar-refractivity contribution in [3.8, 4) is 0 Å². The Kier molecular flexibility index (Phi) is 3.53. The fourth-order valence-electron chi connectivity index (χ4n) is 1.81. The molecule has 0 radical (unpaired) electrons. The van der Waals surface area contributed by atoms with Crippen LogP contribution in [-0.2, 0) is 14.3 Å². The van der Waals surface area contributed by atoms with E-state index in [1.165, 1.54) is 0 Å². The van der Waals surface area contributed by atoms with E-state index >= 15 is 0 Å². The minimum atomic E-state index is -0.515. The zero-order valence-corrected chi connectivity index (χ0v) is 10.0. The van der Waals surface area contributed by atoms with Gasteiger partial charge in [0.05, 0.1) is 6.61 Å². The van der Waals surface area contributed by atoms with Gasteiger partial charge in [-0.15, -0.1) is 0 Å². The number of carbonyl (C=O) groups is 2. The maximum absolute atomic E-state index is 11.8. The highest BCUT2D eigenvalue weighted by Gasteiger charge is 2.44. The molecule has 0 aromatic carbocycles. The van der Waals surface area contributed by atoms with Crippen LogP contribution in [0.3, 0.4) is 0 Å². The summed E-state index contributed by atoms with van der Waals surface area (Å²) in [6.07, 6.45) is 1.43. The van der Waals surface area contributed by atoms with Crippen molar-refractivity contribution in [2.45, 2.75) is 40.5 Å². The van der Waals surface area contributed by atoms with E-state index in [1.54, 1.807) is 0 Å². The van der Waals surface area contributed by atoms with E-state index in [4.69, 9.17) is 4.74 Å². The number of Topliss-reactive ketones (excluding diaryl/α,β-unsaturated/α-hetero) is 1. The van der Waals surface area contributed by atoms with Gasteiger partial charge >= 0.3 is 5.97 Å². The predicted octanol–water partition coefficient (Wildman–Crippen LogP) is 2.19. The Balaban J connectivity index is 2.52. The van der Waals surface area contributed by atoms with Gasteiger partial charge in [0.1, 0.15) is 5.92 Å². The molecule has 0 aromatic heterocycles. The predicted molar refractivity (Wildman–Crippen MR) is 57.3 cm³/mol. The minimum Gasteiger partial charge on any atom is -0.465 e. The van der Waals surface area contributed by atoms with E-state index in [1.807, 2.05) is 27.7 Å². The molecular weight excluding hydrogens is 192 g/mol. The maximum Gasteiger partial charge on any atom is 0.316 e. The van der Waals surface area contributed by atoms with Crippen LogP contribution in [0.25, 0.3) is 0 Å². The van der Waals surface area contributed by atoms with E-state index in [0.29, 0.717) is 18.9 Å². The Morgan fingerprint density at radius 2 is 2.13 bits per heavy atom. The second kappa shape index (κ2) is 4.33. The number of ketones is 1. The van der Waals surface area contributed by atoms with Gasteiger partial charge in [0.15, 0.2) is 5.78 Å². The van der Waals surface area contributed by atoms with Gasteiger partial charge in [-0.05, 0) is 18.8 Å². The van der Waals surface area contributed by atoms with Crippen molar-refractivity contribution in [3.63, 3.8) is 0 Å². The van der Waals surface area contributed by atoms with Crippen LogP contribution in [0, 0.1) is 17.3 Å². The van der Waals surface area contributed by atoms with Crippen LogP contribution in [0.4, 0.5) is 0 Å². The Morgan fingerprint density at radius 3 is 2.53 bits per heavy atom. The molecule has 0 saturated heterocycles. The van der Waals surface area contributed by atoms with Crippen LogP contribution in [0.15, 0.2) is 0 Å². The highest BCUT2D eigenvalue weighted by atomic mass is 16.5. The summed E-state index contributed by atoms with van der Waals surface area (Å²) in [5.74, 6) is -0.493. The summed E-state index contributed by atoms with van der Waals surface area (Å²) in [5.41, 5.74) is -0.346. The van der Waals surface area contributed by atoms with E-state index < -0.39 is 5.92 Å². The molecule has 0 bridgehead atoms. The molecule has 1 aliphatic rings. The Labute approximate surface area is 91.2 Å². The molecular formula is C12H20O3. The van der Waals surface area contributed by atoms with Gasteiger partial charge in [-0.1, -0.05) is 27.7 Å². The number of ether oxygens (including phenoxy) is 1. The van der Waals surface area contributed by atoms with Crippen LogP contribution in [0.1, 0.15) is 40.5 Å². The van der Waals surface area contributed by atoms with E-state index in [-0.39, 0.29) is 17.2 Å². The second-order valence-corrected chi connectivity index (χ2v) is 5.36. The lowest BCUT2D eigenvalue weighted by molar-refractivity contribution is -0.153. The van der Waals surface area contributed by atoms with Gasteiger partial charge < -0.3 is 4.74 Å². The van der Waals surface area contributed by atoms with Gasteiger partial charge in [-0.3, -0.25) is 9.59 Å². The number of rotatable bonds is 3. The third kappa shape index (κ3) is 2.80. The van der Waals surface area contributed by atoms with Crippen LogP contribution < -0.4 is 0 Å². The molecule has 0 N–H and O–H groups in total. The molecule has 1 fully saturated rings. The minimum absolute atomic E-state index is 0.0382. The molecule has 0 amide bonds. The molecule has 3 heteroatoms. The van der Waals surface area contributed by atoms with Crippen molar-refractivity contribution in [1.82, 2.24) is 0 Å². The quantitative estimate of drug-likeness (QED) is 0.532. The normalized spacial score (nSPS) is 24.6. The molecule has 0 spiro atoms. The zero-order valence-electron chi connectivity index (χ0n) is 10.0. The zero-order chi connectivity index (χ0) is 11.6. The number of esters is 1. The Bertz CT molecular complexity index is 266. The van der Waals surface area contributed by atoms with Crippen LogP contribution >= 0.6 is 0 Å². The molecule has 3 nitrogen and oxygen atoms in total. The molecule has 1 atom stereocenters. The maximum atomic E-state index is 11.8. The van der Waals surface area contributed by atoms with Gasteiger partial charge in [-0.25, -0.2) is 0 Å². The van der Waals surface area contributed by atoms with Crippen molar-refractivity contribution in [2.24, 2.45) is 17.3 Å². The first kappa shape index (κ1) is 12.2. The standard InChI is InChI=1S/C12H20O3/c1-8(2)7-15-11(14)9-5-6-12(3,4)10(9)13/h8-9H,5-7H2,1-4H3. The third-order valence-electron chi connectivity index (χ3n) is 2.88. The first-order valence-corrected chi connectivity index (χ1v) is 5.55. The molecule has 1 saturated carbocycles.